The zero-order valence-corrected chi connectivity index (χ0v) is 9.32. The lowest BCUT2D eigenvalue weighted by Crippen LogP contribution is -1.91. The van der Waals surface area contributed by atoms with E-state index < -0.39 is 0 Å². The molecular weight excluding hydrogens is 212 g/mol. The predicted octanol–water partition coefficient (Wildman–Crippen LogP) is 3.96. The van der Waals surface area contributed by atoms with Gasteiger partial charge in [-0.1, -0.05) is 42.3 Å². The smallest absolute Gasteiger partial charge is 0.0178 e. The number of rotatable bonds is 3. The van der Waals surface area contributed by atoms with Gasteiger partial charge in [-0.05, 0) is 36.1 Å². The van der Waals surface area contributed by atoms with Crippen LogP contribution in [-0.2, 0) is 12.8 Å². The Hall–Kier alpha value is -0.300. The molecule has 0 unspecified atom stereocenters. The van der Waals surface area contributed by atoms with E-state index in [1.165, 1.54) is 28.4 Å². The largest absolute Gasteiger partial charge is 0.0651 e. The van der Waals surface area contributed by atoms with Crippen LogP contribution in [0, 0.1) is 0 Å². The van der Waals surface area contributed by atoms with Crippen molar-refractivity contribution in [2.24, 2.45) is 0 Å². The standard InChI is InChI=1S/C11H15Br/c1-3-5-10-8-11(12)7-6-9(10)4-2/h6-8H,3-5H2,1-2H3. The van der Waals surface area contributed by atoms with Crippen LogP contribution < -0.4 is 0 Å². The summed E-state index contributed by atoms with van der Waals surface area (Å²) in [6.07, 6.45) is 3.56. The molecule has 0 amide bonds. The Bertz CT molecular complexity index is 253. The average molecular weight is 227 g/mol. The minimum atomic E-state index is 1.14. The van der Waals surface area contributed by atoms with E-state index in [1.54, 1.807) is 0 Å². The SMILES string of the molecule is CCCc1cc(Br)ccc1CC. The van der Waals surface area contributed by atoms with Gasteiger partial charge in [-0.2, -0.15) is 0 Å². The lowest BCUT2D eigenvalue weighted by Gasteiger charge is -2.06. The second-order valence-electron chi connectivity index (χ2n) is 3.02. The Balaban J connectivity index is 2.95. The first-order chi connectivity index (χ1) is 5.77. The van der Waals surface area contributed by atoms with Gasteiger partial charge in [0.15, 0.2) is 0 Å². The van der Waals surface area contributed by atoms with E-state index in [-0.39, 0.29) is 0 Å². The summed E-state index contributed by atoms with van der Waals surface area (Å²) < 4.78 is 1.20. The topological polar surface area (TPSA) is 0 Å². The molecule has 1 aromatic rings. The fourth-order valence-corrected chi connectivity index (χ4v) is 1.85. The summed E-state index contributed by atoms with van der Waals surface area (Å²) in [6.45, 7) is 4.43. The van der Waals surface area contributed by atoms with Crippen molar-refractivity contribution in [3.8, 4) is 0 Å². The number of halogens is 1. The van der Waals surface area contributed by atoms with Gasteiger partial charge in [-0.25, -0.2) is 0 Å². The summed E-state index contributed by atoms with van der Waals surface area (Å²) in [4.78, 5) is 0. The van der Waals surface area contributed by atoms with Gasteiger partial charge in [-0.3, -0.25) is 0 Å². The van der Waals surface area contributed by atoms with Crippen molar-refractivity contribution in [2.45, 2.75) is 33.1 Å². The molecule has 0 saturated carbocycles. The molecule has 0 atom stereocenters. The second-order valence-corrected chi connectivity index (χ2v) is 3.93. The molecule has 0 spiro atoms. The van der Waals surface area contributed by atoms with E-state index in [9.17, 15) is 0 Å². The second kappa shape index (κ2) is 4.66. The van der Waals surface area contributed by atoms with Gasteiger partial charge >= 0.3 is 0 Å². The molecule has 0 heterocycles. The normalized spacial score (nSPS) is 10.2. The van der Waals surface area contributed by atoms with Crippen LogP contribution in [0.15, 0.2) is 22.7 Å². The lowest BCUT2D eigenvalue weighted by atomic mass is 10.0. The van der Waals surface area contributed by atoms with E-state index in [0.717, 1.165) is 6.42 Å². The van der Waals surface area contributed by atoms with Crippen LogP contribution in [-0.4, -0.2) is 0 Å². The molecule has 0 fully saturated rings. The molecule has 0 bridgehead atoms. The van der Waals surface area contributed by atoms with Crippen LogP contribution in [0.1, 0.15) is 31.4 Å². The molecule has 0 radical (unpaired) electrons. The zero-order valence-electron chi connectivity index (χ0n) is 7.73. The summed E-state index contributed by atoms with van der Waals surface area (Å²) in [7, 11) is 0. The summed E-state index contributed by atoms with van der Waals surface area (Å²) in [5.41, 5.74) is 2.98. The monoisotopic (exact) mass is 226 g/mol. The Labute approximate surface area is 83.1 Å². The van der Waals surface area contributed by atoms with Crippen LogP contribution in [0.3, 0.4) is 0 Å². The Kier molecular flexibility index (Phi) is 3.80. The highest BCUT2D eigenvalue weighted by Gasteiger charge is 1.99. The van der Waals surface area contributed by atoms with Gasteiger partial charge in [0.2, 0.25) is 0 Å². The Morgan fingerprint density at radius 1 is 1.17 bits per heavy atom. The van der Waals surface area contributed by atoms with Crippen molar-refractivity contribution in [1.82, 2.24) is 0 Å². The Morgan fingerprint density at radius 2 is 1.92 bits per heavy atom. The predicted molar refractivity (Wildman–Crippen MR) is 57.5 cm³/mol. The number of aryl methyl sites for hydroxylation is 2. The minimum Gasteiger partial charge on any atom is -0.0651 e. The van der Waals surface area contributed by atoms with Gasteiger partial charge in [0.1, 0.15) is 0 Å². The van der Waals surface area contributed by atoms with Crippen molar-refractivity contribution in [2.75, 3.05) is 0 Å². The van der Waals surface area contributed by atoms with Crippen LogP contribution >= 0.6 is 15.9 Å². The molecule has 0 aliphatic rings. The Morgan fingerprint density at radius 3 is 2.50 bits per heavy atom. The molecule has 0 nitrogen and oxygen atoms in total. The van der Waals surface area contributed by atoms with E-state index in [4.69, 9.17) is 0 Å². The third-order valence-corrected chi connectivity index (χ3v) is 2.56. The molecule has 0 saturated heterocycles. The van der Waals surface area contributed by atoms with Gasteiger partial charge in [0.05, 0.1) is 0 Å². The third kappa shape index (κ3) is 2.34. The molecule has 0 aliphatic heterocycles. The fourth-order valence-electron chi connectivity index (χ4n) is 1.44. The number of benzene rings is 1. The maximum Gasteiger partial charge on any atom is 0.0178 e. The molecule has 0 N–H and O–H groups in total. The summed E-state index contributed by atoms with van der Waals surface area (Å²) >= 11 is 3.50. The first kappa shape index (κ1) is 9.79. The van der Waals surface area contributed by atoms with Crippen molar-refractivity contribution in [1.29, 1.82) is 0 Å². The van der Waals surface area contributed by atoms with Gasteiger partial charge < -0.3 is 0 Å². The molecule has 0 aliphatic carbocycles. The number of hydrogen-bond donors (Lipinski definition) is 0. The molecule has 66 valence electrons. The third-order valence-electron chi connectivity index (χ3n) is 2.07. The van der Waals surface area contributed by atoms with Crippen LogP contribution in [0.2, 0.25) is 0 Å². The van der Waals surface area contributed by atoms with Gasteiger partial charge in [0, 0.05) is 4.47 Å². The van der Waals surface area contributed by atoms with E-state index in [1.807, 2.05) is 0 Å². The molecule has 0 aromatic heterocycles. The first-order valence-electron chi connectivity index (χ1n) is 4.55. The molecule has 1 rings (SSSR count). The van der Waals surface area contributed by atoms with E-state index in [2.05, 4.69) is 48.0 Å². The zero-order chi connectivity index (χ0) is 8.97. The summed E-state index contributed by atoms with van der Waals surface area (Å²) in [5.74, 6) is 0. The molecule has 1 heteroatoms. The highest BCUT2D eigenvalue weighted by molar-refractivity contribution is 9.10. The fraction of sp³-hybridized carbons (Fsp3) is 0.455. The van der Waals surface area contributed by atoms with Crippen molar-refractivity contribution < 1.29 is 0 Å². The summed E-state index contributed by atoms with van der Waals surface area (Å²) in [5, 5.41) is 0. The maximum atomic E-state index is 3.50. The average Bonchev–Trinajstić information content (AvgIpc) is 2.05. The van der Waals surface area contributed by atoms with Gasteiger partial charge in [-0.15, -0.1) is 0 Å². The van der Waals surface area contributed by atoms with E-state index >= 15 is 0 Å². The van der Waals surface area contributed by atoms with Crippen LogP contribution in [0.25, 0.3) is 0 Å². The molecular formula is C11H15Br. The van der Waals surface area contributed by atoms with Gasteiger partial charge in [0.25, 0.3) is 0 Å². The van der Waals surface area contributed by atoms with Crippen molar-refractivity contribution in [3.05, 3.63) is 33.8 Å². The molecule has 1 aromatic carbocycles. The highest BCUT2D eigenvalue weighted by atomic mass is 79.9. The highest BCUT2D eigenvalue weighted by Crippen LogP contribution is 2.18. The lowest BCUT2D eigenvalue weighted by molar-refractivity contribution is 0.898. The quantitative estimate of drug-likeness (QED) is 0.733. The first-order valence-corrected chi connectivity index (χ1v) is 5.34. The summed E-state index contributed by atoms with van der Waals surface area (Å²) in [6, 6.07) is 6.58. The van der Waals surface area contributed by atoms with E-state index in [0.29, 0.717) is 0 Å². The van der Waals surface area contributed by atoms with Crippen LogP contribution in [0.4, 0.5) is 0 Å². The maximum absolute atomic E-state index is 3.50. The number of hydrogen-bond acceptors (Lipinski definition) is 0. The molecule has 12 heavy (non-hydrogen) atoms. The van der Waals surface area contributed by atoms with Crippen molar-refractivity contribution in [3.63, 3.8) is 0 Å². The minimum absolute atomic E-state index is 1.14. The van der Waals surface area contributed by atoms with Crippen molar-refractivity contribution >= 4 is 15.9 Å². The van der Waals surface area contributed by atoms with Crippen LogP contribution in [0.5, 0.6) is 0 Å².